The van der Waals surface area contributed by atoms with Gasteiger partial charge in [-0.25, -0.2) is 18.9 Å². The predicted molar refractivity (Wildman–Crippen MR) is 136 cm³/mol. The summed E-state index contributed by atoms with van der Waals surface area (Å²) in [5.41, 5.74) is 3.51. The Morgan fingerprint density at radius 2 is 1.80 bits per heavy atom. The highest BCUT2D eigenvalue weighted by Crippen LogP contribution is 2.35. The van der Waals surface area contributed by atoms with E-state index < -0.39 is 0 Å². The number of nitrogens with zero attached hydrogens (tertiary/aromatic N) is 6. The Kier molecular flexibility index (Phi) is 5.82. The summed E-state index contributed by atoms with van der Waals surface area (Å²) in [7, 11) is 2.04. The summed E-state index contributed by atoms with van der Waals surface area (Å²) >= 11 is 0. The van der Waals surface area contributed by atoms with Gasteiger partial charge in [0.05, 0.1) is 17.9 Å². The number of imidazole rings is 1. The maximum absolute atomic E-state index is 13.9. The molecule has 0 radical (unpaired) electrons. The van der Waals surface area contributed by atoms with Gasteiger partial charge in [0.2, 0.25) is 0 Å². The fraction of sp³-hybridized carbons (Fsp3) is 0.370. The smallest absolute Gasteiger partial charge is 0.154 e. The number of benzene rings is 1. The zero-order valence-corrected chi connectivity index (χ0v) is 19.9. The van der Waals surface area contributed by atoms with E-state index in [0.717, 1.165) is 79.6 Å². The molecule has 2 aliphatic rings. The van der Waals surface area contributed by atoms with Crippen molar-refractivity contribution in [1.29, 1.82) is 0 Å². The van der Waals surface area contributed by atoms with Gasteiger partial charge in [0, 0.05) is 25.7 Å². The molecule has 1 atom stereocenters. The van der Waals surface area contributed by atoms with Crippen LogP contribution in [0.5, 0.6) is 0 Å². The zero-order chi connectivity index (χ0) is 23.8. The monoisotopic (exact) mass is 471 g/mol. The first-order valence-corrected chi connectivity index (χ1v) is 12.5. The van der Waals surface area contributed by atoms with Crippen molar-refractivity contribution in [2.24, 2.45) is 0 Å². The molecule has 1 N–H and O–H groups in total. The molecule has 5 heterocycles. The quantitative estimate of drug-likeness (QED) is 0.464. The van der Waals surface area contributed by atoms with Crippen LogP contribution in [0.3, 0.4) is 0 Å². The van der Waals surface area contributed by atoms with Crippen LogP contribution in [-0.4, -0.2) is 52.3 Å². The van der Waals surface area contributed by atoms with Gasteiger partial charge < -0.3 is 15.1 Å². The van der Waals surface area contributed by atoms with Gasteiger partial charge >= 0.3 is 0 Å². The summed E-state index contributed by atoms with van der Waals surface area (Å²) in [6.45, 7) is 2.88. The Labute approximate surface area is 204 Å². The van der Waals surface area contributed by atoms with Crippen LogP contribution >= 0.6 is 0 Å². The van der Waals surface area contributed by atoms with Crippen molar-refractivity contribution < 1.29 is 4.39 Å². The lowest BCUT2D eigenvalue weighted by Crippen LogP contribution is -2.41. The normalized spacial score (nSPS) is 19.1. The second-order valence-electron chi connectivity index (χ2n) is 9.44. The fourth-order valence-electron chi connectivity index (χ4n) is 5.43. The van der Waals surface area contributed by atoms with E-state index in [4.69, 9.17) is 10.1 Å². The number of rotatable bonds is 5. The molecule has 0 bridgehead atoms. The van der Waals surface area contributed by atoms with Crippen molar-refractivity contribution in [2.75, 3.05) is 36.5 Å². The van der Waals surface area contributed by atoms with Crippen LogP contribution in [0.2, 0.25) is 0 Å². The van der Waals surface area contributed by atoms with Crippen LogP contribution in [0.25, 0.3) is 17.0 Å². The van der Waals surface area contributed by atoms with Gasteiger partial charge in [-0.3, -0.25) is 0 Å². The van der Waals surface area contributed by atoms with Crippen LogP contribution in [0.4, 0.5) is 16.0 Å². The molecule has 0 spiro atoms. The number of hydrogen-bond donors (Lipinski definition) is 1. The minimum atomic E-state index is -0.198. The van der Waals surface area contributed by atoms with E-state index in [0.29, 0.717) is 6.04 Å². The van der Waals surface area contributed by atoms with Gasteiger partial charge in [0.15, 0.2) is 5.65 Å². The molecule has 2 saturated heterocycles. The lowest BCUT2D eigenvalue weighted by Gasteiger charge is -2.32. The van der Waals surface area contributed by atoms with Crippen molar-refractivity contribution in [3.05, 3.63) is 72.2 Å². The maximum Gasteiger partial charge on any atom is 0.154 e. The van der Waals surface area contributed by atoms with Gasteiger partial charge in [0.1, 0.15) is 23.1 Å². The summed E-state index contributed by atoms with van der Waals surface area (Å²) in [4.78, 5) is 14.2. The number of aromatic nitrogens is 4. The summed E-state index contributed by atoms with van der Waals surface area (Å²) in [5.74, 6) is 1.67. The summed E-state index contributed by atoms with van der Waals surface area (Å²) < 4.78 is 15.8. The average Bonchev–Trinajstić information content (AvgIpc) is 3.56. The van der Waals surface area contributed by atoms with Crippen LogP contribution < -0.4 is 15.1 Å². The van der Waals surface area contributed by atoms with Gasteiger partial charge in [-0.05, 0) is 74.7 Å². The molecule has 2 fully saturated rings. The Hall–Kier alpha value is -3.52. The third-order valence-electron chi connectivity index (χ3n) is 7.35. The van der Waals surface area contributed by atoms with E-state index in [9.17, 15) is 4.39 Å². The van der Waals surface area contributed by atoms with E-state index in [1.165, 1.54) is 6.07 Å². The van der Waals surface area contributed by atoms with Crippen molar-refractivity contribution in [1.82, 2.24) is 24.9 Å². The summed E-state index contributed by atoms with van der Waals surface area (Å²) in [6.07, 6.45) is 6.11. The van der Waals surface area contributed by atoms with Crippen LogP contribution in [0, 0.1) is 5.82 Å². The SMILES string of the molecule is CNC1CCN(c2cccc(-c3cnc4ccc(N5CCC[C@@H]5c5cccc(F)c5)nn34)n2)CC1. The Morgan fingerprint density at radius 1 is 0.943 bits per heavy atom. The summed E-state index contributed by atoms with van der Waals surface area (Å²) in [5, 5.41) is 8.36. The molecule has 180 valence electrons. The molecule has 7 nitrogen and oxygen atoms in total. The lowest BCUT2D eigenvalue weighted by molar-refractivity contribution is 0.441. The molecule has 2 aliphatic heterocycles. The first kappa shape index (κ1) is 22.0. The Balaban J connectivity index is 1.31. The highest BCUT2D eigenvalue weighted by atomic mass is 19.1. The number of piperidine rings is 1. The third kappa shape index (κ3) is 4.23. The molecule has 4 aromatic rings. The molecule has 0 aliphatic carbocycles. The highest BCUT2D eigenvalue weighted by Gasteiger charge is 2.28. The zero-order valence-electron chi connectivity index (χ0n) is 19.9. The second kappa shape index (κ2) is 9.26. The second-order valence-corrected chi connectivity index (χ2v) is 9.44. The molecular formula is C27H30FN7. The van der Waals surface area contributed by atoms with E-state index >= 15 is 0 Å². The average molecular weight is 472 g/mol. The van der Waals surface area contributed by atoms with Gasteiger partial charge in [-0.15, -0.1) is 5.10 Å². The number of hydrogen-bond acceptors (Lipinski definition) is 6. The van der Waals surface area contributed by atoms with E-state index in [1.807, 2.05) is 42.0 Å². The van der Waals surface area contributed by atoms with E-state index in [1.54, 1.807) is 12.1 Å². The molecule has 3 aromatic heterocycles. The molecule has 0 amide bonds. The molecule has 0 saturated carbocycles. The summed E-state index contributed by atoms with van der Waals surface area (Å²) in [6, 6.07) is 17.8. The molecular weight excluding hydrogens is 441 g/mol. The number of anilines is 2. The molecule has 0 unspecified atom stereocenters. The van der Waals surface area contributed by atoms with Crippen LogP contribution in [-0.2, 0) is 0 Å². The Morgan fingerprint density at radius 3 is 2.63 bits per heavy atom. The standard InChI is InChI=1S/C27H30FN7/c1-29-21-12-15-33(16-13-21)26-9-3-7-22(31-26)24-18-30-25-10-11-27(32-35(24)25)34-14-4-8-23(34)19-5-2-6-20(28)17-19/h2-3,5-7,9-11,17-18,21,23,29H,4,8,12-16H2,1H3/t23-/m1/s1. The van der Waals surface area contributed by atoms with E-state index in [-0.39, 0.29) is 11.9 Å². The first-order chi connectivity index (χ1) is 17.2. The van der Waals surface area contributed by atoms with E-state index in [2.05, 4.69) is 32.2 Å². The topological polar surface area (TPSA) is 61.6 Å². The van der Waals surface area contributed by atoms with Crippen LogP contribution in [0.15, 0.2) is 60.8 Å². The largest absolute Gasteiger partial charge is 0.356 e. The molecule has 35 heavy (non-hydrogen) atoms. The van der Waals surface area contributed by atoms with Crippen LogP contribution in [0.1, 0.15) is 37.3 Å². The van der Waals surface area contributed by atoms with Crippen molar-refractivity contribution in [3.63, 3.8) is 0 Å². The molecule has 6 rings (SSSR count). The number of pyridine rings is 1. The van der Waals surface area contributed by atoms with Gasteiger partial charge in [-0.2, -0.15) is 0 Å². The predicted octanol–water partition coefficient (Wildman–Crippen LogP) is 4.46. The lowest BCUT2D eigenvalue weighted by atomic mass is 10.0. The molecule has 1 aromatic carbocycles. The number of fused-ring (bicyclic) bond motifs is 1. The minimum absolute atomic E-state index is 0.115. The Bertz CT molecular complexity index is 1330. The fourth-order valence-corrected chi connectivity index (χ4v) is 5.43. The van der Waals surface area contributed by atoms with Crippen molar-refractivity contribution >= 4 is 17.3 Å². The minimum Gasteiger partial charge on any atom is -0.356 e. The van der Waals surface area contributed by atoms with Crippen molar-refractivity contribution in [3.8, 4) is 11.4 Å². The molecule has 8 heteroatoms. The van der Waals surface area contributed by atoms with Gasteiger partial charge in [-0.1, -0.05) is 18.2 Å². The number of halogens is 1. The highest BCUT2D eigenvalue weighted by molar-refractivity contribution is 5.62. The van der Waals surface area contributed by atoms with Gasteiger partial charge in [0.25, 0.3) is 0 Å². The van der Waals surface area contributed by atoms with Crippen molar-refractivity contribution in [2.45, 2.75) is 37.8 Å². The first-order valence-electron chi connectivity index (χ1n) is 12.5. The maximum atomic E-state index is 13.9. The third-order valence-corrected chi connectivity index (χ3v) is 7.35. The number of nitrogens with one attached hydrogen (secondary N) is 1.